The summed E-state index contributed by atoms with van der Waals surface area (Å²) in [6, 6.07) is 92.2. The minimum absolute atomic E-state index is 0.0782. The van der Waals surface area contributed by atoms with E-state index in [4.69, 9.17) is 0 Å². The Morgan fingerprint density at radius 3 is 1.33 bits per heavy atom. The van der Waals surface area contributed by atoms with Crippen molar-refractivity contribution in [3.05, 3.63) is 276 Å². The van der Waals surface area contributed by atoms with Gasteiger partial charge < -0.3 is 0 Å². The van der Waals surface area contributed by atoms with Gasteiger partial charge in [0.15, 0.2) is 0 Å². The minimum Gasteiger partial charge on any atom is -0.0619 e. The lowest BCUT2D eigenvalue weighted by Crippen LogP contribution is -2.26. The van der Waals surface area contributed by atoms with E-state index in [1.807, 2.05) is 0 Å². The second-order valence-electron chi connectivity index (χ2n) is 21.0. The molecule has 0 radical (unpaired) electrons. The van der Waals surface area contributed by atoms with E-state index in [1.54, 1.807) is 0 Å². The summed E-state index contributed by atoms with van der Waals surface area (Å²) in [5, 5.41) is 12.9. The molecule has 0 saturated heterocycles. The van der Waals surface area contributed by atoms with Gasteiger partial charge in [0.05, 0.1) is 5.41 Å². The number of rotatable bonds is 3. The fourth-order valence-electron chi connectivity index (χ4n) is 14.2. The molecule has 334 valence electrons. The van der Waals surface area contributed by atoms with Crippen LogP contribution in [0.3, 0.4) is 0 Å². The van der Waals surface area contributed by atoms with Crippen LogP contribution >= 0.6 is 0 Å². The lowest BCUT2D eigenvalue weighted by Gasteiger charge is -2.32. The van der Waals surface area contributed by atoms with Crippen molar-refractivity contribution >= 4 is 53.9 Å². The predicted octanol–water partition coefficient (Wildman–Crippen LogP) is 19.1. The first-order valence-corrected chi connectivity index (χ1v) is 25.5. The standard InChI is InChI=1S/C72H46/c1-71(2)61-28-14-11-20-50(61)53-38-36-47(42-65(53)71)67-57-26-9-7-24-55(57)66(56-25-8-10-27-58(56)67)45-33-31-43(32-34-45)46-35-39-59-60(41-46)49-19-5-6-23-54(49)69-68-48-18-4-3-17-44(48)37-40-64(68)72(70(59)69)62-29-15-12-21-51(62)52-22-13-16-30-63(52)72/h3-42H,1-2H3. The van der Waals surface area contributed by atoms with Crippen LogP contribution in [0, 0.1) is 0 Å². The summed E-state index contributed by atoms with van der Waals surface area (Å²) in [6.07, 6.45) is 0. The average molecular weight is 911 g/mol. The van der Waals surface area contributed by atoms with Gasteiger partial charge in [-0.05, 0) is 166 Å². The normalized spacial score (nSPS) is 14.2. The summed E-state index contributed by atoms with van der Waals surface area (Å²) >= 11 is 0. The highest BCUT2D eigenvalue weighted by molar-refractivity contribution is 6.24. The molecule has 0 fully saturated rings. The molecule has 0 nitrogen and oxygen atoms in total. The Balaban J connectivity index is 0.882. The smallest absolute Gasteiger partial charge is 0.0619 e. The topological polar surface area (TPSA) is 0 Å². The van der Waals surface area contributed by atoms with Gasteiger partial charge in [0.1, 0.15) is 0 Å². The number of hydrogen-bond acceptors (Lipinski definition) is 0. The summed E-state index contributed by atoms with van der Waals surface area (Å²) in [7, 11) is 0. The van der Waals surface area contributed by atoms with Gasteiger partial charge in [0.2, 0.25) is 0 Å². The summed E-state index contributed by atoms with van der Waals surface area (Å²) in [5.74, 6) is 0. The van der Waals surface area contributed by atoms with Crippen LogP contribution in [-0.4, -0.2) is 0 Å². The monoisotopic (exact) mass is 910 g/mol. The highest BCUT2D eigenvalue weighted by Gasteiger charge is 2.53. The maximum absolute atomic E-state index is 2.48. The van der Waals surface area contributed by atoms with Gasteiger partial charge >= 0.3 is 0 Å². The highest BCUT2D eigenvalue weighted by atomic mass is 14.5. The van der Waals surface area contributed by atoms with E-state index in [-0.39, 0.29) is 5.41 Å². The Morgan fingerprint density at radius 1 is 0.236 bits per heavy atom. The van der Waals surface area contributed by atoms with Crippen LogP contribution in [0.5, 0.6) is 0 Å². The zero-order chi connectivity index (χ0) is 47.5. The maximum Gasteiger partial charge on any atom is 0.0732 e. The predicted molar refractivity (Wildman–Crippen MR) is 304 cm³/mol. The van der Waals surface area contributed by atoms with Crippen molar-refractivity contribution in [2.75, 3.05) is 0 Å². The van der Waals surface area contributed by atoms with Gasteiger partial charge in [-0.15, -0.1) is 0 Å². The van der Waals surface area contributed by atoms with E-state index < -0.39 is 5.41 Å². The van der Waals surface area contributed by atoms with Gasteiger partial charge in [-0.1, -0.05) is 244 Å². The molecule has 72 heavy (non-hydrogen) atoms. The Labute approximate surface area is 419 Å². The molecule has 0 bridgehead atoms. The van der Waals surface area contributed by atoms with Crippen LogP contribution in [0.4, 0.5) is 0 Å². The first kappa shape index (κ1) is 39.9. The van der Waals surface area contributed by atoms with Crippen molar-refractivity contribution in [3.63, 3.8) is 0 Å². The van der Waals surface area contributed by atoms with Crippen LogP contribution < -0.4 is 0 Å². The summed E-state index contributed by atoms with van der Waals surface area (Å²) in [6.45, 7) is 4.75. The molecule has 0 heterocycles. The molecule has 0 aliphatic heterocycles. The van der Waals surface area contributed by atoms with Crippen LogP contribution in [-0.2, 0) is 10.8 Å². The molecule has 0 aromatic heterocycles. The largest absolute Gasteiger partial charge is 0.0732 e. The summed E-state index contributed by atoms with van der Waals surface area (Å²) < 4.78 is 0. The second-order valence-corrected chi connectivity index (χ2v) is 21.0. The van der Waals surface area contributed by atoms with Crippen molar-refractivity contribution in [1.82, 2.24) is 0 Å². The molecular weight excluding hydrogens is 865 g/mol. The maximum atomic E-state index is 2.48. The number of fused-ring (bicyclic) bond motifs is 22. The van der Waals surface area contributed by atoms with E-state index in [0.29, 0.717) is 0 Å². The van der Waals surface area contributed by atoms with E-state index in [0.717, 1.165) is 0 Å². The van der Waals surface area contributed by atoms with Crippen molar-refractivity contribution in [1.29, 1.82) is 0 Å². The Morgan fingerprint density at radius 2 is 0.694 bits per heavy atom. The third-order valence-electron chi connectivity index (χ3n) is 17.2. The van der Waals surface area contributed by atoms with Gasteiger partial charge in [0, 0.05) is 5.41 Å². The van der Waals surface area contributed by atoms with Crippen LogP contribution in [0.2, 0.25) is 0 Å². The third-order valence-corrected chi connectivity index (χ3v) is 17.2. The fourth-order valence-corrected chi connectivity index (χ4v) is 14.2. The molecule has 0 unspecified atom stereocenters. The highest BCUT2D eigenvalue weighted by Crippen LogP contribution is 2.66. The molecule has 0 N–H and O–H groups in total. The Hall–Kier alpha value is -8.84. The van der Waals surface area contributed by atoms with Crippen molar-refractivity contribution < 1.29 is 0 Å². The SMILES string of the molecule is CC1(C)c2ccccc2-c2ccc(-c3c4ccccc4c(-c4ccc(-c5ccc6c7c(c8ccccc8c6c5)-c5c(ccc6ccccc56)C75c6ccccc6-c6ccccc65)cc4)c4ccccc34)cc21. The zero-order valence-electron chi connectivity index (χ0n) is 40.1. The zero-order valence-corrected chi connectivity index (χ0v) is 40.1. The van der Waals surface area contributed by atoms with Gasteiger partial charge in [-0.2, -0.15) is 0 Å². The number of benzene rings is 13. The molecule has 13 aromatic carbocycles. The molecule has 0 atom stereocenters. The molecule has 3 aliphatic carbocycles. The second kappa shape index (κ2) is 14.4. The molecule has 0 amide bonds. The molecule has 3 aliphatic rings. The molecule has 13 aromatic rings. The van der Waals surface area contributed by atoms with E-state index >= 15 is 0 Å². The molecule has 0 heteroatoms. The quantitative estimate of drug-likeness (QED) is 0.122. The third kappa shape index (κ3) is 5.06. The van der Waals surface area contributed by atoms with Gasteiger partial charge in [-0.3, -0.25) is 0 Å². The lowest BCUT2D eigenvalue weighted by molar-refractivity contribution is 0.660. The van der Waals surface area contributed by atoms with E-state index in [9.17, 15) is 0 Å². The number of hydrogen-bond donors (Lipinski definition) is 0. The average Bonchev–Trinajstić information content (AvgIpc) is 4.01. The van der Waals surface area contributed by atoms with E-state index in [2.05, 4.69) is 257 Å². The lowest BCUT2D eigenvalue weighted by atomic mass is 9.69. The molecular formula is C72H46. The molecule has 1 spiro atoms. The van der Waals surface area contributed by atoms with Crippen LogP contribution in [0.25, 0.3) is 121 Å². The summed E-state index contributed by atoms with van der Waals surface area (Å²) in [5.41, 5.74) is 23.3. The Bertz CT molecular complexity index is 4420. The first-order chi connectivity index (χ1) is 35.5. The van der Waals surface area contributed by atoms with Gasteiger partial charge in [-0.25, -0.2) is 0 Å². The first-order valence-electron chi connectivity index (χ1n) is 25.5. The molecule has 16 rings (SSSR count). The van der Waals surface area contributed by atoms with Crippen molar-refractivity contribution in [2.24, 2.45) is 0 Å². The van der Waals surface area contributed by atoms with Gasteiger partial charge in [0.25, 0.3) is 0 Å². The van der Waals surface area contributed by atoms with Crippen LogP contribution in [0.15, 0.2) is 243 Å². The van der Waals surface area contributed by atoms with Crippen molar-refractivity contribution in [3.8, 4) is 66.8 Å². The minimum atomic E-state index is -0.475. The molecule has 0 saturated carbocycles. The summed E-state index contributed by atoms with van der Waals surface area (Å²) in [4.78, 5) is 0. The van der Waals surface area contributed by atoms with E-state index in [1.165, 1.54) is 154 Å². The Kier molecular flexibility index (Phi) is 7.98. The van der Waals surface area contributed by atoms with Crippen molar-refractivity contribution in [2.45, 2.75) is 24.7 Å². The fraction of sp³-hybridized carbons (Fsp3) is 0.0556. The van der Waals surface area contributed by atoms with Crippen LogP contribution in [0.1, 0.15) is 47.2 Å².